The average Bonchev–Trinajstić information content (AvgIpc) is 2.93. The first kappa shape index (κ1) is 15.6. The van der Waals surface area contributed by atoms with Crippen LogP contribution >= 0.6 is 0 Å². The van der Waals surface area contributed by atoms with Crippen LogP contribution < -0.4 is 5.59 Å². The fourth-order valence-electron chi connectivity index (χ4n) is 3.15. The quantitative estimate of drug-likeness (QED) is 0.619. The molecule has 0 aliphatic carbocycles. The molecular formula is C16H24BNO4. The number of methoxy groups -OCH3 is 1. The molecule has 1 aromatic rings. The maximum atomic E-state index is 12.1. The number of hydrogen-bond donors (Lipinski definition) is 0. The first-order valence-corrected chi connectivity index (χ1v) is 7.93. The largest absolute Gasteiger partial charge is 0.512 e. The molecule has 6 heteroatoms. The van der Waals surface area contributed by atoms with E-state index >= 15 is 0 Å². The maximum absolute atomic E-state index is 12.1. The first-order valence-electron chi connectivity index (χ1n) is 7.93. The average molecular weight is 305 g/mol. The summed E-state index contributed by atoms with van der Waals surface area (Å²) in [5, 5.41) is 0. The Morgan fingerprint density at radius 3 is 2.45 bits per heavy atom. The lowest BCUT2D eigenvalue weighted by molar-refractivity contribution is 0.00578. The van der Waals surface area contributed by atoms with Gasteiger partial charge in [-0.3, -0.25) is 0 Å². The first-order chi connectivity index (χ1) is 10.3. The molecule has 5 nitrogen and oxygen atoms in total. The molecular weight excluding hydrogens is 281 g/mol. The molecule has 0 amide bonds. The molecule has 0 N–H and O–H groups in total. The van der Waals surface area contributed by atoms with E-state index in [-0.39, 0.29) is 17.2 Å². The maximum Gasteiger partial charge on any atom is 0.512 e. The van der Waals surface area contributed by atoms with Gasteiger partial charge in [0.1, 0.15) is 0 Å². The van der Waals surface area contributed by atoms with Crippen molar-refractivity contribution in [3.63, 3.8) is 0 Å². The Balaban J connectivity index is 2.02. The van der Waals surface area contributed by atoms with Crippen molar-refractivity contribution in [1.82, 2.24) is 4.57 Å². The molecule has 2 aliphatic rings. The summed E-state index contributed by atoms with van der Waals surface area (Å²) in [5.41, 5.74) is 1.84. The molecule has 0 unspecified atom stereocenters. The molecule has 0 radical (unpaired) electrons. The topological polar surface area (TPSA) is 49.7 Å². The molecule has 1 aromatic heterocycles. The minimum absolute atomic E-state index is 0.284. The van der Waals surface area contributed by atoms with Crippen molar-refractivity contribution >= 4 is 18.7 Å². The molecule has 2 aliphatic heterocycles. The Labute approximate surface area is 132 Å². The highest BCUT2D eigenvalue weighted by Crippen LogP contribution is 2.37. The van der Waals surface area contributed by atoms with Gasteiger partial charge in [0.15, 0.2) is 0 Å². The zero-order chi connectivity index (χ0) is 16.1. The molecule has 0 saturated carbocycles. The number of ether oxygens (including phenoxy) is 1. The van der Waals surface area contributed by atoms with E-state index in [0.717, 1.165) is 37.1 Å². The van der Waals surface area contributed by atoms with Crippen LogP contribution in [0.3, 0.4) is 0 Å². The van der Waals surface area contributed by atoms with Gasteiger partial charge in [-0.25, -0.2) is 4.79 Å². The lowest BCUT2D eigenvalue weighted by Crippen LogP contribution is -2.41. The second kappa shape index (κ2) is 5.13. The summed E-state index contributed by atoms with van der Waals surface area (Å²) >= 11 is 0. The summed E-state index contributed by atoms with van der Waals surface area (Å²) < 4.78 is 19.4. The number of esters is 1. The summed E-state index contributed by atoms with van der Waals surface area (Å²) in [6, 6.07) is 1.88. The minimum atomic E-state index is -0.444. The molecule has 22 heavy (non-hydrogen) atoms. The van der Waals surface area contributed by atoms with Crippen LogP contribution in [0.5, 0.6) is 0 Å². The van der Waals surface area contributed by atoms with E-state index in [0.29, 0.717) is 5.56 Å². The molecule has 3 heterocycles. The van der Waals surface area contributed by atoms with Crippen LogP contribution in [0.2, 0.25) is 0 Å². The van der Waals surface area contributed by atoms with E-state index in [9.17, 15) is 4.79 Å². The third kappa shape index (κ3) is 2.29. The summed E-state index contributed by atoms with van der Waals surface area (Å²) in [5.74, 6) is -0.284. The zero-order valence-electron chi connectivity index (χ0n) is 14.1. The summed E-state index contributed by atoms with van der Waals surface area (Å²) in [7, 11) is 0.976. The molecule has 0 atom stereocenters. The van der Waals surface area contributed by atoms with Crippen LogP contribution in [0.1, 0.15) is 56.6 Å². The van der Waals surface area contributed by atoms with Gasteiger partial charge in [-0.1, -0.05) is 0 Å². The number of carbonyl (C=O) groups excluding carboxylic acids is 1. The fraction of sp³-hybridized carbons (Fsp3) is 0.688. The summed E-state index contributed by atoms with van der Waals surface area (Å²) in [4.78, 5) is 12.1. The van der Waals surface area contributed by atoms with Crippen molar-refractivity contribution in [3.8, 4) is 0 Å². The molecule has 0 bridgehead atoms. The molecule has 0 spiro atoms. The van der Waals surface area contributed by atoms with Gasteiger partial charge >= 0.3 is 13.1 Å². The summed E-state index contributed by atoms with van der Waals surface area (Å²) in [6.45, 7) is 9.04. The van der Waals surface area contributed by atoms with Gasteiger partial charge in [-0.15, -0.1) is 0 Å². The van der Waals surface area contributed by atoms with Gasteiger partial charge in [0.25, 0.3) is 0 Å². The van der Waals surface area contributed by atoms with Crippen molar-refractivity contribution in [2.45, 2.75) is 64.7 Å². The molecule has 120 valence electrons. The van der Waals surface area contributed by atoms with E-state index < -0.39 is 7.12 Å². The number of aromatic nitrogens is 1. The smallest absolute Gasteiger partial charge is 0.465 e. The van der Waals surface area contributed by atoms with Crippen molar-refractivity contribution in [2.24, 2.45) is 0 Å². The van der Waals surface area contributed by atoms with E-state index in [1.54, 1.807) is 0 Å². The lowest BCUT2D eigenvalue weighted by atomic mass is 9.84. The predicted molar refractivity (Wildman–Crippen MR) is 84.4 cm³/mol. The number of carbonyl (C=O) groups is 1. The van der Waals surface area contributed by atoms with Gasteiger partial charge < -0.3 is 18.6 Å². The highest BCUT2D eigenvalue weighted by Gasteiger charge is 2.53. The zero-order valence-corrected chi connectivity index (χ0v) is 14.1. The highest BCUT2D eigenvalue weighted by molar-refractivity contribution is 6.61. The van der Waals surface area contributed by atoms with Crippen LogP contribution in [0.25, 0.3) is 0 Å². The Morgan fingerprint density at radius 1 is 1.23 bits per heavy atom. The third-order valence-corrected chi connectivity index (χ3v) is 5.19. The van der Waals surface area contributed by atoms with E-state index in [1.165, 1.54) is 7.11 Å². The number of rotatable bonds is 2. The SMILES string of the molecule is COC(=O)c1cc(B2OC(C)(C)C(C)(C)O2)n2c1CCCC2. The number of hydrogen-bond acceptors (Lipinski definition) is 4. The normalized spacial score (nSPS) is 22.5. The standard InChI is InChI=1S/C16H24BNO4/c1-15(2)16(3,4)22-17(21-15)13-10-11(14(19)20-5)12-8-6-7-9-18(12)13/h10H,6-9H2,1-5H3. The van der Waals surface area contributed by atoms with Crippen molar-refractivity contribution in [1.29, 1.82) is 0 Å². The number of nitrogens with zero attached hydrogens (tertiary/aromatic N) is 1. The van der Waals surface area contributed by atoms with Gasteiger partial charge in [-0.05, 0) is 53.0 Å². The fourth-order valence-corrected chi connectivity index (χ4v) is 3.15. The van der Waals surface area contributed by atoms with Gasteiger partial charge in [0.2, 0.25) is 0 Å². The minimum Gasteiger partial charge on any atom is -0.465 e. The highest BCUT2D eigenvalue weighted by atomic mass is 16.7. The predicted octanol–water partition coefficient (Wildman–Crippen LogP) is 1.91. The molecule has 1 saturated heterocycles. The Morgan fingerprint density at radius 2 is 1.86 bits per heavy atom. The van der Waals surface area contributed by atoms with Crippen LogP contribution in [0, 0.1) is 0 Å². The van der Waals surface area contributed by atoms with Crippen LogP contribution in [-0.2, 0) is 27.0 Å². The molecule has 3 rings (SSSR count). The monoisotopic (exact) mass is 305 g/mol. The second-order valence-corrected chi connectivity index (χ2v) is 7.12. The third-order valence-electron chi connectivity index (χ3n) is 5.19. The van der Waals surface area contributed by atoms with E-state index in [4.69, 9.17) is 14.0 Å². The molecule has 0 aromatic carbocycles. The van der Waals surface area contributed by atoms with Gasteiger partial charge in [0.05, 0.1) is 23.9 Å². The van der Waals surface area contributed by atoms with Crippen molar-refractivity contribution < 1.29 is 18.8 Å². The van der Waals surface area contributed by atoms with E-state index in [1.807, 2.05) is 33.8 Å². The van der Waals surface area contributed by atoms with E-state index in [2.05, 4.69) is 4.57 Å². The number of fused-ring (bicyclic) bond motifs is 1. The van der Waals surface area contributed by atoms with Gasteiger partial charge in [0, 0.05) is 17.8 Å². The second-order valence-electron chi connectivity index (χ2n) is 7.12. The lowest BCUT2D eigenvalue weighted by Gasteiger charge is -2.32. The Kier molecular flexibility index (Phi) is 3.65. The van der Waals surface area contributed by atoms with Crippen LogP contribution in [0.15, 0.2) is 6.07 Å². The Bertz CT molecular complexity index is 590. The molecule has 1 fully saturated rings. The van der Waals surface area contributed by atoms with Crippen molar-refractivity contribution in [2.75, 3.05) is 7.11 Å². The van der Waals surface area contributed by atoms with Crippen LogP contribution in [0.4, 0.5) is 0 Å². The Hall–Kier alpha value is -1.27. The van der Waals surface area contributed by atoms with Crippen LogP contribution in [-0.4, -0.2) is 36.0 Å². The van der Waals surface area contributed by atoms with Gasteiger partial charge in [-0.2, -0.15) is 0 Å². The summed E-state index contributed by atoms with van der Waals surface area (Å²) in [6.07, 6.45) is 3.09. The van der Waals surface area contributed by atoms with Crippen molar-refractivity contribution in [3.05, 3.63) is 17.3 Å².